The summed E-state index contributed by atoms with van der Waals surface area (Å²) in [4.78, 5) is 21.5. The van der Waals surface area contributed by atoms with Gasteiger partial charge in [0.1, 0.15) is 0 Å². The van der Waals surface area contributed by atoms with E-state index in [9.17, 15) is 4.79 Å². The van der Waals surface area contributed by atoms with E-state index in [0.717, 1.165) is 16.8 Å². The number of nitrogens with one attached hydrogen (secondary N) is 2. The Hall–Kier alpha value is -3.87. The summed E-state index contributed by atoms with van der Waals surface area (Å²) in [6.07, 6.45) is 3.45. The van der Waals surface area contributed by atoms with Crippen molar-refractivity contribution in [1.82, 2.24) is 10.3 Å². The van der Waals surface area contributed by atoms with Gasteiger partial charge in [-0.05, 0) is 48.4 Å². The van der Waals surface area contributed by atoms with Gasteiger partial charge >= 0.3 is 0 Å². The SMILES string of the molecule is COc1ccc(C(=O)NC(=NCc2cccnc2)Nc2ccccc2C)cc1OC. The molecule has 0 bridgehead atoms. The number of aliphatic imine (C=N–C) groups is 1. The maximum Gasteiger partial charge on any atom is 0.258 e. The smallest absolute Gasteiger partial charge is 0.258 e. The van der Waals surface area contributed by atoms with Gasteiger partial charge in [-0.2, -0.15) is 0 Å². The minimum absolute atomic E-state index is 0.318. The molecule has 0 spiro atoms. The maximum absolute atomic E-state index is 12.9. The molecular weight excluding hydrogens is 380 g/mol. The van der Waals surface area contributed by atoms with E-state index >= 15 is 0 Å². The van der Waals surface area contributed by atoms with E-state index in [1.807, 2.05) is 43.3 Å². The van der Waals surface area contributed by atoms with Gasteiger partial charge in [0.05, 0.1) is 20.8 Å². The number of carbonyl (C=O) groups is 1. The van der Waals surface area contributed by atoms with E-state index in [-0.39, 0.29) is 5.91 Å². The van der Waals surface area contributed by atoms with Gasteiger partial charge in [0.15, 0.2) is 11.5 Å². The largest absolute Gasteiger partial charge is 0.493 e. The van der Waals surface area contributed by atoms with Gasteiger partial charge in [0.25, 0.3) is 5.91 Å². The highest BCUT2D eigenvalue weighted by Gasteiger charge is 2.13. The van der Waals surface area contributed by atoms with Crippen LogP contribution in [0.15, 0.2) is 72.0 Å². The highest BCUT2D eigenvalue weighted by Crippen LogP contribution is 2.27. The number of pyridine rings is 1. The first-order chi connectivity index (χ1) is 14.6. The minimum Gasteiger partial charge on any atom is -0.493 e. The van der Waals surface area contributed by atoms with Gasteiger partial charge in [0.2, 0.25) is 5.96 Å². The highest BCUT2D eigenvalue weighted by atomic mass is 16.5. The van der Waals surface area contributed by atoms with E-state index in [2.05, 4.69) is 20.6 Å². The second-order valence-electron chi connectivity index (χ2n) is 6.49. The summed E-state index contributed by atoms with van der Waals surface area (Å²) >= 11 is 0. The molecule has 0 saturated heterocycles. The van der Waals surface area contributed by atoms with Crippen LogP contribution < -0.4 is 20.1 Å². The highest BCUT2D eigenvalue weighted by molar-refractivity contribution is 6.10. The van der Waals surface area contributed by atoms with Crippen molar-refractivity contribution in [3.05, 3.63) is 83.7 Å². The van der Waals surface area contributed by atoms with Crippen LogP contribution in [-0.4, -0.2) is 31.1 Å². The lowest BCUT2D eigenvalue weighted by molar-refractivity contribution is 0.0976. The molecule has 3 rings (SSSR count). The van der Waals surface area contributed by atoms with E-state index < -0.39 is 0 Å². The number of aryl methyl sites for hydroxylation is 1. The molecule has 0 radical (unpaired) electrons. The third kappa shape index (κ3) is 5.35. The lowest BCUT2D eigenvalue weighted by Crippen LogP contribution is -2.36. The zero-order chi connectivity index (χ0) is 21.3. The normalized spacial score (nSPS) is 11.0. The molecule has 0 aliphatic carbocycles. The van der Waals surface area contributed by atoms with Crippen LogP contribution in [0.3, 0.4) is 0 Å². The van der Waals surface area contributed by atoms with Gasteiger partial charge in [0, 0.05) is 23.6 Å². The summed E-state index contributed by atoms with van der Waals surface area (Å²) < 4.78 is 10.5. The first kappa shape index (κ1) is 20.9. The van der Waals surface area contributed by atoms with Crippen LogP contribution in [0.4, 0.5) is 5.69 Å². The Kier molecular flexibility index (Phi) is 7.00. The lowest BCUT2D eigenvalue weighted by atomic mass is 10.2. The summed E-state index contributed by atoms with van der Waals surface area (Å²) in [6.45, 7) is 2.35. The molecule has 0 fully saturated rings. The first-order valence-corrected chi connectivity index (χ1v) is 9.40. The van der Waals surface area contributed by atoms with Crippen LogP contribution in [0, 0.1) is 6.92 Å². The number of ether oxygens (including phenoxy) is 2. The van der Waals surface area contributed by atoms with Gasteiger partial charge in [-0.25, -0.2) is 4.99 Å². The predicted octanol–water partition coefficient (Wildman–Crippen LogP) is 3.81. The molecule has 154 valence electrons. The quantitative estimate of drug-likeness (QED) is 0.482. The van der Waals surface area contributed by atoms with Gasteiger partial charge in [-0.15, -0.1) is 0 Å². The Morgan fingerprint density at radius 1 is 1.03 bits per heavy atom. The topological polar surface area (TPSA) is 84.8 Å². The summed E-state index contributed by atoms with van der Waals surface area (Å²) in [7, 11) is 3.08. The standard InChI is InChI=1S/C23H24N4O3/c1-16-7-4-5-9-19(16)26-23(25-15-17-8-6-12-24-14-17)27-22(28)18-10-11-20(29-2)21(13-18)30-3/h4-14H,15H2,1-3H3,(H2,25,26,27,28). The second kappa shape index (κ2) is 10.1. The third-order valence-electron chi connectivity index (χ3n) is 4.42. The van der Waals surface area contributed by atoms with Crippen molar-refractivity contribution in [2.75, 3.05) is 19.5 Å². The molecule has 0 aliphatic heterocycles. The molecule has 30 heavy (non-hydrogen) atoms. The molecule has 1 amide bonds. The molecule has 1 heterocycles. The lowest BCUT2D eigenvalue weighted by Gasteiger charge is -2.14. The Labute approximate surface area is 175 Å². The molecule has 0 saturated carbocycles. The number of hydrogen-bond acceptors (Lipinski definition) is 5. The number of methoxy groups -OCH3 is 2. The zero-order valence-corrected chi connectivity index (χ0v) is 17.2. The van der Waals surface area contributed by atoms with Crippen molar-refractivity contribution in [1.29, 1.82) is 0 Å². The van der Waals surface area contributed by atoms with E-state index in [0.29, 0.717) is 29.6 Å². The molecule has 7 nitrogen and oxygen atoms in total. The number of aromatic nitrogens is 1. The predicted molar refractivity (Wildman–Crippen MR) is 117 cm³/mol. The van der Waals surface area contributed by atoms with Crippen molar-refractivity contribution >= 4 is 17.6 Å². The van der Waals surface area contributed by atoms with Gasteiger partial charge < -0.3 is 14.8 Å². The number of para-hydroxylation sites is 1. The molecule has 7 heteroatoms. The fourth-order valence-corrected chi connectivity index (χ4v) is 2.77. The van der Waals surface area contributed by atoms with Crippen molar-refractivity contribution in [2.45, 2.75) is 13.5 Å². The molecular formula is C23H24N4O3. The van der Waals surface area contributed by atoms with Crippen molar-refractivity contribution < 1.29 is 14.3 Å². The Morgan fingerprint density at radius 2 is 1.83 bits per heavy atom. The summed E-state index contributed by atoms with van der Waals surface area (Å²) in [5, 5.41) is 6.06. The molecule has 0 unspecified atom stereocenters. The van der Waals surface area contributed by atoms with Crippen LogP contribution >= 0.6 is 0 Å². The number of guanidine groups is 1. The number of nitrogens with zero attached hydrogens (tertiary/aromatic N) is 2. The molecule has 3 aromatic rings. The van der Waals surface area contributed by atoms with Crippen molar-refractivity contribution in [2.24, 2.45) is 4.99 Å². The molecule has 0 atom stereocenters. The van der Waals surface area contributed by atoms with Crippen LogP contribution in [0.1, 0.15) is 21.5 Å². The number of benzene rings is 2. The average Bonchev–Trinajstić information content (AvgIpc) is 2.79. The van der Waals surface area contributed by atoms with Crippen LogP contribution in [-0.2, 0) is 6.54 Å². The summed E-state index contributed by atoms with van der Waals surface area (Å²) in [5.74, 6) is 1.05. The van der Waals surface area contributed by atoms with Gasteiger partial charge in [-0.1, -0.05) is 24.3 Å². The zero-order valence-electron chi connectivity index (χ0n) is 17.2. The summed E-state index contributed by atoms with van der Waals surface area (Å²) in [5.41, 5.74) is 3.25. The third-order valence-corrected chi connectivity index (χ3v) is 4.42. The van der Waals surface area contributed by atoms with E-state index in [1.165, 1.54) is 7.11 Å². The molecule has 0 aliphatic rings. The Bertz CT molecular complexity index is 1040. The number of amides is 1. The maximum atomic E-state index is 12.9. The number of rotatable bonds is 6. The van der Waals surface area contributed by atoms with Crippen LogP contribution in [0.5, 0.6) is 11.5 Å². The monoisotopic (exact) mass is 404 g/mol. The average molecular weight is 404 g/mol. The van der Waals surface area contributed by atoms with Crippen LogP contribution in [0.25, 0.3) is 0 Å². The minimum atomic E-state index is -0.318. The fraction of sp³-hybridized carbons (Fsp3) is 0.174. The number of carbonyl (C=O) groups excluding carboxylic acids is 1. The fourth-order valence-electron chi connectivity index (χ4n) is 2.77. The summed E-state index contributed by atoms with van der Waals surface area (Å²) in [6, 6.07) is 16.5. The first-order valence-electron chi connectivity index (χ1n) is 9.40. The van der Waals surface area contributed by atoms with Crippen LogP contribution in [0.2, 0.25) is 0 Å². The van der Waals surface area contributed by atoms with E-state index in [1.54, 1.807) is 37.7 Å². The molecule has 2 N–H and O–H groups in total. The van der Waals surface area contributed by atoms with Crippen molar-refractivity contribution in [3.8, 4) is 11.5 Å². The van der Waals surface area contributed by atoms with E-state index in [4.69, 9.17) is 9.47 Å². The van der Waals surface area contributed by atoms with Gasteiger partial charge in [-0.3, -0.25) is 15.1 Å². The van der Waals surface area contributed by atoms with Crippen molar-refractivity contribution in [3.63, 3.8) is 0 Å². The second-order valence-corrected chi connectivity index (χ2v) is 6.49. The molecule has 1 aromatic heterocycles. The number of hydrogen-bond donors (Lipinski definition) is 2. The number of anilines is 1. The Balaban J connectivity index is 1.84. The Morgan fingerprint density at radius 3 is 2.53 bits per heavy atom. The molecule has 2 aromatic carbocycles.